The SMILES string of the molecule is CCN(CC)CCCNC(=O)C1CCCN(S(=O)(=O)c2ccc3c(ccn3CC)c2)C1. The Bertz CT molecular complexity index is 982. The van der Waals surface area contributed by atoms with Crippen molar-refractivity contribution in [2.75, 3.05) is 39.3 Å². The van der Waals surface area contributed by atoms with Gasteiger partial charge in [-0.05, 0) is 70.1 Å². The van der Waals surface area contributed by atoms with Crippen LogP contribution in [0.5, 0.6) is 0 Å². The van der Waals surface area contributed by atoms with Crippen LogP contribution in [0.2, 0.25) is 0 Å². The van der Waals surface area contributed by atoms with E-state index in [1.54, 1.807) is 12.1 Å². The normalized spacial score (nSPS) is 18.0. The molecule has 1 fully saturated rings. The van der Waals surface area contributed by atoms with Crippen molar-refractivity contribution < 1.29 is 13.2 Å². The molecule has 1 saturated heterocycles. The number of aryl methyl sites for hydroxylation is 1. The van der Waals surface area contributed by atoms with Crippen molar-refractivity contribution in [2.24, 2.45) is 5.92 Å². The zero-order chi connectivity index (χ0) is 22.4. The summed E-state index contributed by atoms with van der Waals surface area (Å²) in [5.41, 5.74) is 1.03. The van der Waals surface area contributed by atoms with Gasteiger partial charge in [0.2, 0.25) is 15.9 Å². The molecule has 0 aliphatic carbocycles. The van der Waals surface area contributed by atoms with E-state index in [2.05, 4.69) is 35.6 Å². The Morgan fingerprint density at radius 2 is 1.97 bits per heavy atom. The van der Waals surface area contributed by atoms with E-state index in [1.807, 2.05) is 18.3 Å². The number of nitrogens with zero attached hydrogens (tertiary/aromatic N) is 3. The topological polar surface area (TPSA) is 74.7 Å². The monoisotopic (exact) mass is 448 g/mol. The Kier molecular flexibility index (Phi) is 8.13. The van der Waals surface area contributed by atoms with Gasteiger partial charge in [0.1, 0.15) is 0 Å². The first kappa shape index (κ1) is 23.8. The number of aromatic nitrogens is 1. The molecule has 1 atom stereocenters. The molecule has 0 radical (unpaired) electrons. The molecular weight excluding hydrogens is 412 g/mol. The fraction of sp³-hybridized carbons (Fsp3) is 0.609. The lowest BCUT2D eigenvalue weighted by molar-refractivity contribution is -0.126. The van der Waals surface area contributed by atoms with Crippen LogP contribution in [-0.4, -0.2) is 67.4 Å². The van der Waals surface area contributed by atoms with Gasteiger partial charge in [0.25, 0.3) is 0 Å². The van der Waals surface area contributed by atoms with Gasteiger partial charge in [0, 0.05) is 43.3 Å². The number of piperidine rings is 1. The van der Waals surface area contributed by atoms with Gasteiger partial charge in [-0.25, -0.2) is 8.42 Å². The van der Waals surface area contributed by atoms with Crippen LogP contribution >= 0.6 is 0 Å². The van der Waals surface area contributed by atoms with Crippen LogP contribution in [0.4, 0.5) is 0 Å². The summed E-state index contributed by atoms with van der Waals surface area (Å²) < 4.78 is 30.1. The standard InChI is InChI=1S/C23H36N4O3S/c1-4-25(5-2)14-8-13-24-23(28)20-9-7-15-27(18-20)31(29,30)21-10-11-22-19(17-21)12-16-26(22)6-3/h10-12,16-17,20H,4-9,13-15,18H2,1-3H3,(H,24,28). The summed E-state index contributed by atoms with van der Waals surface area (Å²) >= 11 is 0. The molecule has 2 aromatic rings. The molecule has 0 spiro atoms. The average molecular weight is 449 g/mol. The minimum atomic E-state index is -3.62. The van der Waals surface area contributed by atoms with Gasteiger partial charge in [0.05, 0.1) is 10.8 Å². The first-order chi connectivity index (χ1) is 14.9. The quantitative estimate of drug-likeness (QED) is 0.567. The Morgan fingerprint density at radius 1 is 1.19 bits per heavy atom. The number of hydrogen-bond acceptors (Lipinski definition) is 4. The third kappa shape index (κ3) is 5.48. The van der Waals surface area contributed by atoms with Crippen LogP contribution in [0.1, 0.15) is 40.0 Å². The third-order valence-electron chi connectivity index (χ3n) is 6.32. The van der Waals surface area contributed by atoms with Gasteiger partial charge >= 0.3 is 0 Å². The maximum Gasteiger partial charge on any atom is 0.243 e. The zero-order valence-electron chi connectivity index (χ0n) is 19.0. The molecule has 1 amide bonds. The van der Waals surface area contributed by atoms with Crippen molar-refractivity contribution in [1.29, 1.82) is 0 Å². The van der Waals surface area contributed by atoms with Gasteiger partial charge in [-0.3, -0.25) is 4.79 Å². The molecule has 0 bridgehead atoms. The Morgan fingerprint density at radius 3 is 2.68 bits per heavy atom. The average Bonchev–Trinajstić information content (AvgIpc) is 3.21. The molecule has 0 saturated carbocycles. The second-order valence-corrected chi connectivity index (χ2v) is 10.1. The maximum atomic E-state index is 13.3. The van der Waals surface area contributed by atoms with E-state index in [9.17, 15) is 13.2 Å². The van der Waals surface area contributed by atoms with Gasteiger partial charge in [0.15, 0.2) is 0 Å². The number of amides is 1. The molecule has 3 rings (SSSR count). The highest BCUT2D eigenvalue weighted by Crippen LogP contribution is 2.27. The summed E-state index contributed by atoms with van der Waals surface area (Å²) in [7, 11) is -3.62. The highest BCUT2D eigenvalue weighted by atomic mass is 32.2. The van der Waals surface area contributed by atoms with Gasteiger partial charge in [-0.2, -0.15) is 4.31 Å². The van der Waals surface area contributed by atoms with Crippen molar-refractivity contribution in [3.8, 4) is 0 Å². The second kappa shape index (κ2) is 10.6. The summed E-state index contributed by atoms with van der Waals surface area (Å²) in [5.74, 6) is -0.322. The first-order valence-corrected chi connectivity index (χ1v) is 12.9. The van der Waals surface area contributed by atoms with Crippen molar-refractivity contribution in [1.82, 2.24) is 19.1 Å². The van der Waals surface area contributed by atoms with Crippen LogP contribution in [0.25, 0.3) is 10.9 Å². The molecular formula is C23H36N4O3S. The molecule has 7 nitrogen and oxygen atoms in total. The molecule has 31 heavy (non-hydrogen) atoms. The Labute approximate surface area is 186 Å². The van der Waals surface area contributed by atoms with E-state index in [1.165, 1.54) is 4.31 Å². The molecule has 172 valence electrons. The summed E-state index contributed by atoms with van der Waals surface area (Å²) in [4.78, 5) is 15.3. The van der Waals surface area contributed by atoms with Crippen LogP contribution < -0.4 is 5.32 Å². The van der Waals surface area contributed by atoms with E-state index < -0.39 is 10.0 Å². The number of carbonyl (C=O) groups excluding carboxylic acids is 1. The van der Waals surface area contributed by atoms with E-state index in [4.69, 9.17) is 0 Å². The molecule has 1 aromatic carbocycles. The highest BCUT2D eigenvalue weighted by molar-refractivity contribution is 7.89. The Balaban J connectivity index is 1.62. The fourth-order valence-corrected chi connectivity index (χ4v) is 5.90. The molecule has 1 aromatic heterocycles. The highest BCUT2D eigenvalue weighted by Gasteiger charge is 2.33. The molecule has 1 aliphatic rings. The van der Waals surface area contributed by atoms with E-state index in [0.29, 0.717) is 24.4 Å². The number of benzene rings is 1. The summed E-state index contributed by atoms with van der Waals surface area (Å²) in [6.07, 6.45) is 4.31. The summed E-state index contributed by atoms with van der Waals surface area (Å²) in [6.45, 7) is 11.5. The van der Waals surface area contributed by atoms with E-state index >= 15 is 0 Å². The predicted octanol–water partition coefficient (Wildman–Crippen LogP) is 2.91. The third-order valence-corrected chi connectivity index (χ3v) is 8.18. The molecule has 1 unspecified atom stereocenters. The minimum absolute atomic E-state index is 0.0325. The van der Waals surface area contributed by atoms with Crippen LogP contribution in [0.15, 0.2) is 35.4 Å². The van der Waals surface area contributed by atoms with E-state index in [-0.39, 0.29) is 18.4 Å². The van der Waals surface area contributed by atoms with Crippen molar-refractivity contribution in [3.63, 3.8) is 0 Å². The van der Waals surface area contributed by atoms with Crippen molar-refractivity contribution >= 4 is 26.8 Å². The number of nitrogens with one attached hydrogen (secondary N) is 1. The number of carbonyl (C=O) groups is 1. The number of hydrogen-bond donors (Lipinski definition) is 1. The lowest BCUT2D eigenvalue weighted by Crippen LogP contribution is -2.45. The fourth-order valence-electron chi connectivity index (χ4n) is 4.34. The Hall–Kier alpha value is -1.90. The molecule has 2 heterocycles. The summed E-state index contributed by atoms with van der Waals surface area (Å²) in [5, 5.41) is 3.93. The van der Waals surface area contributed by atoms with Crippen LogP contribution in [0.3, 0.4) is 0 Å². The van der Waals surface area contributed by atoms with Crippen LogP contribution in [-0.2, 0) is 21.4 Å². The van der Waals surface area contributed by atoms with E-state index in [0.717, 1.165) is 49.9 Å². The second-order valence-electron chi connectivity index (χ2n) is 8.20. The molecule has 1 aliphatic heterocycles. The van der Waals surface area contributed by atoms with Gasteiger partial charge in [-0.1, -0.05) is 13.8 Å². The van der Waals surface area contributed by atoms with Crippen LogP contribution in [0, 0.1) is 5.92 Å². The van der Waals surface area contributed by atoms with Gasteiger partial charge in [-0.15, -0.1) is 0 Å². The zero-order valence-corrected chi connectivity index (χ0v) is 19.8. The predicted molar refractivity (Wildman–Crippen MR) is 125 cm³/mol. The number of fused-ring (bicyclic) bond motifs is 1. The first-order valence-electron chi connectivity index (χ1n) is 11.5. The minimum Gasteiger partial charge on any atom is -0.356 e. The van der Waals surface area contributed by atoms with Gasteiger partial charge < -0.3 is 14.8 Å². The number of sulfonamides is 1. The lowest BCUT2D eigenvalue weighted by Gasteiger charge is -2.31. The largest absolute Gasteiger partial charge is 0.356 e. The van der Waals surface area contributed by atoms with Crippen molar-refractivity contribution in [2.45, 2.75) is 51.5 Å². The maximum absolute atomic E-state index is 13.3. The number of rotatable bonds is 10. The smallest absolute Gasteiger partial charge is 0.243 e. The summed E-state index contributed by atoms with van der Waals surface area (Å²) in [6, 6.07) is 7.24. The lowest BCUT2D eigenvalue weighted by atomic mass is 9.99. The van der Waals surface area contributed by atoms with Crippen molar-refractivity contribution in [3.05, 3.63) is 30.5 Å². The molecule has 8 heteroatoms. The molecule has 1 N–H and O–H groups in total.